The monoisotopic (exact) mass is 272 g/mol. The number of ether oxygens (including phenoxy) is 1. The van der Waals surface area contributed by atoms with Crippen molar-refractivity contribution in [1.82, 2.24) is 4.98 Å². The Labute approximate surface area is 115 Å². The molecule has 0 saturated carbocycles. The summed E-state index contributed by atoms with van der Waals surface area (Å²) in [5.74, 6) is 2.57. The number of thioether (sulfide) groups is 1. The molecule has 1 amide bonds. The number of terminal acetylenes is 1. The number of nitrogens with zero attached hydrogens (tertiary/aromatic N) is 1. The van der Waals surface area contributed by atoms with Gasteiger partial charge in [0.05, 0.1) is 5.52 Å². The van der Waals surface area contributed by atoms with Crippen LogP contribution >= 0.6 is 11.8 Å². The highest BCUT2D eigenvalue weighted by Gasteiger charge is 2.15. The quantitative estimate of drug-likeness (QED) is 0.680. The standard InChI is InChI=1S/C14H12N2O2S/c1-3-9-6-10-7-11(4-5-12(10)16-8-9)18-14(19-2)13(15)17/h1,4-8,14H,2H3,(H2,15,17). The Kier molecular flexibility index (Phi) is 3.93. The van der Waals surface area contributed by atoms with Crippen LogP contribution in [0.5, 0.6) is 5.75 Å². The molecule has 96 valence electrons. The lowest BCUT2D eigenvalue weighted by atomic mass is 10.1. The van der Waals surface area contributed by atoms with Gasteiger partial charge >= 0.3 is 0 Å². The number of carbonyl (C=O) groups is 1. The Morgan fingerprint density at radius 3 is 2.95 bits per heavy atom. The fourth-order valence-corrected chi connectivity index (χ4v) is 2.05. The van der Waals surface area contributed by atoms with Crippen LogP contribution in [0.25, 0.3) is 10.9 Å². The molecule has 0 radical (unpaired) electrons. The number of aromatic nitrogens is 1. The Morgan fingerprint density at radius 2 is 2.32 bits per heavy atom. The van der Waals surface area contributed by atoms with E-state index in [1.165, 1.54) is 11.8 Å². The fraction of sp³-hybridized carbons (Fsp3) is 0.143. The van der Waals surface area contributed by atoms with Gasteiger partial charge in [0.25, 0.3) is 5.91 Å². The molecule has 0 bridgehead atoms. The number of fused-ring (bicyclic) bond motifs is 1. The third-order valence-electron chi connectivity index (χ3n) is 2.51. The third kappa shape index (κ3) is 2.98. The van der Waals surface area contributed by atoms with Crippen LogP contribution in [-0.4, -0.2) is 22.6 Å². The van der Waals surface area contributed by atoms with Crippen molar-refractivity contribution >= 4 is 28.6 Å². The van der Waals surface area contributed by atoms with Gasteiger partial charge in [0.2, 0.25) is 5.44 Å². The maximum absolute atomic E-state index is 11.1. The van der Waals surface area contributed by atoms with Crippen LogP contribution in [0, 0.1) is 12.3 Å². The minimum atomic E-state index is -0.707. The van der Waals surface area contributed by atoms with Gasteiger partial charge in [-0.3, -0.25) is 9.78 Å². The molecule has 0 aliphatic carbocycles. The summed E-state index contributed by atoms with van der Waals surface area (Å²) in [7, 11) is 0. The van der Waals surface area contributed by atoms with Gasteiger partial charge in [-0.1, -0.05) is 5.92 Å². The molecule has 5 heteroatoms. The van der Waals surface area contributed by atoms with Crippen molar-refractivity contribution in [2.45, 2.75) is 5.44 Å². The normalized spacial score (nSPS) is 11.8. The highest BCUT2D eigenvalue weighted by atomic mass is 32.2. The third-order valence-corrected chi connectivity index (χ3v) is 3.27. The summed E-state index contributed by atoms with van der Waals surface area (Å²) in [5, 5.41) is 0.859. The molecular formula is C14H12N2O2S. The Balaban J connectivity index is 2.35. The first-order valence-electron chi connectivity index (χ1n) is 5.49. The van der Waals surface area contributed by atoms with Gasteiger partial charge in [0, 0.05) is 17.1 Å². The van der Waals surface area contributed by atoms with Crippen LogP contribution in [0.1, 0.15) is 5.56 Å². The second-order valence-corrected chi connectivity index (χ2v) is 4.71. The summed E-state index contributed by atoms with van der Waals surface area (Å²) in [6, 6.07) is 7.18. The average molecular weight is 272 g/mol. The van der Waals surface area contributed by atoms with E-state index in [9.17, 15) is 4.79 Å². The topological polar surface area (TPSA) is 65.2 Å². The second-order valence-electron chi connectivity index (χ2n) is 3.81. The van der Waals surface area contributed by atoms with E-state index >= 15 is 0 Å². The lowest BCUT2D eigenvalue weighted by Crippen LogP contribution is -2.30. The van der Waals surface area contributed by atoms with Gasteiger partial charge in [0.1, 0.15) is 5.75 Å². The van der Waals surface area contributed by atoms with Crippen molar-refractivity contribution in [2.75, 3.05) is 6.26 Å². The van der Waals surface area contributed by atoms with Gasteiger partial charge in [0.15, 0.2) is 0 Å². The predicted octanol–water partition coefficient (Wildman–Crippen LogP) is 1.77. The van der Waals surface area contributed by atoms with E-state index in [4.69, 9.17) is 16.9 Å². The molecule has 0 aliphatic heterocycles. The average Bonchev–Trinajstić information content (AvgIpc) is 2.43. The molecule has 1 aromatic heterocycles. The number of primary amides is 1. The number of rotatable bonds is 4. The number of pyridine rings is 1. The predicted molar refractivity (Wildman–Crippen MR) is 76.8 cm³/mol. The van der Waals surface area contributed by atoms with Crippen LogP contribution in [0.15, 0.2) is 30.5 Å². The van der Waals surface area contributed by atoms with E-state index in [0.717, 1.165) is 10.9 Å². The highest BCUT2D eigenvalue weighted by Crippen LogP contribution is 2.22. The zero-order valence-corrected chi connectivity index (χ0v) is 11.1. The van der Waals surface area contributed by atoms with Crippen molar-refractivity contribution in [3.63, 3.8) is 0 Å². The van der Waals surface area contributed by atoms with Gasteiger partial charge < -0.3 is 10.5 Å². The van der Waals surface area contributed by atoms with Crippen molar-refractivity contribution in [2.24, 2.45) is 5.73 Å². The Bertz CT molecular complexity index is 664. The van der Waals surface area contributed by atoms with Gasteiger partial charge in [-0.15, -0.1) is 18.2 Å². The number of carbonyl (C=O) groups excluding carboxylic acids is 1. The maximum atomic E-state index is 11.1. The van der Waals surface area contributed by atoms with Crippen LogP contribution in [0.4, 0.5) is 0 Å². The molecule has 0 saturated heterocycles. The first-order chi connectivity index (χ1) is 9.13. The zero-order chi connectivity index (χ0) is 13.8. The van der Waals surface area contributed by atoms with Crippen LogP contribution in [0.2, 0.25) is 0 Å². The number of nitrogens with two attached hydrogens (primary N) is 1. The van der Waals surface area contributed by atoms with Crippen molar-refractivity contribution in [3.05, 3.63) is 36.0 Å². The molecular weight excluding hydrogens is 260 g/mol. The summed E-state index contributed by atoms with van der Waals surface area (Å²) in [5.41, 5.74) is 6.03. The molecule has 1 unspecified atom stereocenters. The molecule has 1 heterocycles. The summed E-state index contributed by atoms with van der Waals surface area (Å²) < 4.78 is 5.52. The smallest absolute Gasteiger partial charge is 0.269 e. The largest absolute Gasteiger partial charge is 0.470 e. The van der Waals surface area contributed by atoms with Crippen molar-refractivity contribution < 1.29 is 9.53 Å². The Hall–Kier alpha value is -2.19. The second kappa shape index (κ2) is 5.63. The molecule has 1 aromatic carbocycles. The number of amides is 1. The SMILES string of the molecule is C#Cc1cnc2ccc(OC(SC)C(N)=O)cc2c1. The molecule has 2 N–H and O–H groups in total. The first-order valence-corrected chi connectivity index (χ1v) is 6.78. The molecule has 0 aliphatic rings. The van der Waals surface area contributed by atoms with Crippen LogP contribution < -0.4 is 10.5 Å². The molecule has 4 nitrogen and oxygen atoms in total. The minimum absolute atomic E-state index is 0.511. The van der Waals surface area contributed by atoms with Crippen LogP contribution in [0.3, 0.4) is 0 Å². The number of hydrogen-bond donors (Lipinski definition) is 1. The maximum Gasteiger partial charge on any atom is 0.269 e. The number of hydrogen-bond acceptors (Lipinski definition) is 4. The molecule has 0 fully saturated rings. The molecule has 19 heavy (non-hydrogen) atoms. The molecule has 0 spiro atoms. The van der Waals surface area contributed by atoms with E-state index in [1.54, 1.807) is 24.6 Å². The Morgan fingerprint density at radius 1 is 1.53 bits per heavy atom. The van der Waals surface area contributed by atoms with E-state index in [-0.39, 0.29) is 0 Å². The van der Waals surface area contributed by atoms with Gasteiger partial charge in [-0.05, 0) is 30.5 Å². The highest BCUT2D eigenvalue weighted by molar-refractivity contribution is 7.99. The summed E-state index contributed by atoms with van der Waals surface area (Å²) >= 11 is 1.24. The lowest BCUT2D eigenvalue weighted by Gasteiger charge is -2.13. The number of benzene rings is 1. The zero-order valence-electron chi connectivity index (χ0n) is 10.3. The fourth-order valence-electron chi connectivity index (χ4n) is 1.61. The van der Waals surface area contributed by atoms with Gasteiger partial charge in [-0.2, -0.15) is 0 Å². The first kappa shape index (κ1) is 13.2. The van der Waals surface area contributed by atoms with E-state index in [0.29, 0.717) is 11.3 Å². The lowest BCUT2D eigenvalue weighted by molar-refractivity contribution is -0.121. The summed E-state index contributed by atoms with van der Waals surface area (Å²) in [6.07, 6.45) is 8.73. The van der Waals surface area contributed by atoms with E-state index in [1.807, 2.05) is 12.1 Å². The van der Waals surface area contributed by atoms with Crippen molar-refractivity contribution in [1.29, 1.82) is 0 Å². The molecule has 1 atom stereocenters. The summed E-state index contributed by atoms with van der Waals surface area (Å²) in [6.45, 7) is 0. The van der Waals surface area contributed by atoms with Crippen LogP contribution in [-0.2, 0) is 4.79 Å². The molecule has 2 rings (SSSR count). The molecule has 2 aromatic rings. The summed E-state index contributed by atoms with van der Waals surface area (Å²) in [4.78, 5) is 15.4. The van der Waals surface area contributed by atoms with E-state index < -0.39 is 11.3 Å². The van der Waals surface area contributed by atoms with Crippen molar-refractivity contribution in [3.8, 4) is 18.1 Å². The minimum Gasteiger partial charge on any atom is -0.470 e. The van der Waals surface area contributed by atoms with Gasteiger partial charge in [-0.25, -0.2) is 0 Å². The van der Waals surface area contributed by atoms with E-state index in [2.05, 4.69) is 10.9 Å².